The second kappa shape index (κ2) is 4.20. The van der Waals surface area contributed by atoms with Gasteiger partial charge in [-0.3, -0.25) is 0 Å². The molecule has 5 heteroatoms. The largest absolute Gasteiger partial charge is 0.426 e. The van der Waals surface area contributed by atoms with E-state index in [2.05, 4.69) is 10.9 Å². The molecule has 0 amide bonds. The van der Waals surface area contributed by atoms with Gasteiger partial charge in [0.05, 0.1) is 0 Å². The van der Waals surface area contributed by atoms with Crippen LogP contribution in [0.25, 0.3) is 0 Å². The fourth-order valence-corrected chi connectivity index (χ4v) is 1.20. The molecule has 1 heterocycles. The molecule has 1 aromatic rings. The van der Waals surface area contributed by atoms with E-state index in [1.807, 2.05) is 13.8 Å². The van der Waals surface area contributed by atoms with Crippen molar-refractivity contribution in [3.05, 3.63) is 35.9 Å². The molecule has 0 atom stereocenters. The van der Waals surface area contributed by atoms with Crippen molar-refractivity contribution in [2.75, 3.05) is 0 Å². The third-order valence-electron chi connectivity index (χ3n) is 2.01. The maximum atomic E-state index is 12.5. The molecule has 0 saturated carbocycles. The quantitative estimate of drug-likeness (QED) is 0.711. The summed E-state index contributed by atoms with van der Waals surface area (Å²) in [4.78, 5) is 0. The minimum atomic E-state index is -4.31. The lowest BCUT2D eigenvalue weighted by Gasteiger charge is -2.15. The van der Waals surface area contributed by atoms with Crippen LogP contribution in [0.15, 0.2) is 30.3 Å². The van der Waals surface area contributed by atoms with E-state index in [9.17, 15) is 13.2 Å². The SMILES string of the molecule is CC.FC(F)(F)C1(c2ccccc2)NN1. The molecule has 1 aliphatic heterocycles. The predicted molar refractivity (Wildman–Crippen MR) is 51.8 cm³/mol. The van der Waals surface area contributed by atoms with E-state index in [1.165, 1.54) is 12.1 Å². The van der Waals surface area contributed by atoms with Crippen LogP contribution in [0.3, 0.4) is 0 Å². The van der Waals surface area contributed by atoms with Crippen LogP contribution in [0.5, 0.6) is 0 Å². The van der Waals surface area contributed by atoms with Crippen LogP contribution in [0, 0.1) is 0 Å². The Bertz CT molecular complexity index is 304. The normalized spacial score (nSPS) is 17.7. The lowest BCUT2D eigenvalue weighted by Crippen LogP contribution is -2.34. The Morgan fingerprint density at radius 1 is 1.00 bits per heavy atom. The zero-order chi connectivity index (χ0) is 11.5. The molecule has 0 spiro atoms. The molecule has 0 aliphatic carbocycles. The minimum Gasteiger partial charge on any atom is -0.223 e. The molecule has 1 saturated heterocycles. The minimum absolute atomic E-state index is 0.183. The summed E-state index contributed by atoms with van der Waals surface area (Å²) in [6.07, 6.45) is -4.31. The fraction of sp³-hybridized carbons (Fsp3) is 0.400. The molecule has 2 nitrogen and oxygen atoms in total. The first kappa shape index (κ1) is 12.0. The van der Waals surface area contributed by atoms with Crippen molar-refractivity contribution < 1.29 is 13.2 Å². The van der Waals surface area contributed by atoms with Crippen molar-refractivity contribution in [3.63, 3.8) is 0 Å². The van der Waals surface area contributed by atoms with Gasteiger partial charge in [-0.2, -0.15) is 13.2 Å². The van der Waals surface area contributed by atoms with Gasteiger partial charge in [-0.1, -0.05) is 44.2 Å². The standard InChI is InChI=1S/C8H7F3N2.C2H6/c9-8(10,11)7(12-13-7)6-4-2-1-3-5-6;1-2/h1-5,12-13H;1-2H3. The molecule has 0 radical (unpaired) electrons. The molecule has 2 rings (SSSR count). The third kappa shape index (κ3) is 2.13. The van der Waals surface area contributed by atoms with E-state index in [0.717, 1.165) is 0 Å². The first-order valence-electron chi connectivity index (χ1n) is 4.73. The summed E-state index contributed by atoms with van der Waals surface area (Å²) in [7, 11) is 0. The smallest absolute Gasteiger partial charge is 0.223 e. The zero-order valence-corrected chi connectivity index (χ0v) is 8.52. The van der Waals surface area contributed by atoms with E-state index in [-0.39, 0.29) is 5.56 Å². The van der Waals surface area contributed by atoms with Crippen LogP contribution in [0.2, 0.25) is 0 Å². The number of alkyl halides is 3. The molecule has 0 unspecified atom stereocenters. The van der Waals surface area contributed by atoms with Gasteiger partial charge in [-0.05, 0) is 5.56 Å². The summed E-state index contributed by atoms with van der Waals surface area (Å²) in [5.74, 6) is 0. The number of hydrogen-bond donors (Lipinski definition) is 2. The number of nitrogens with one attached hydrogen (secondary N) is 2. The lowest BCUT2D eigenvalue weighted by molar-refractivity contribution is -0.165. The Labute approximate surface area is 86.5 Å². The van der Waals surface area contributed by atoms with E-state index in [4.69, 9.17) is 0 Å². The maximum absolute atomic E-state index is 12.5. The molecule has 2 N–H and O–H groups in total. The molecule has 0 bridgehead atoms. The summed E-state index contributed by atoms with van der Waals surface area (Å²) >= 11 is 0. The maximum Gasteiger partial charge on any atom is 0.426 e. The Morgan fingerprint density at radius 2 is 1.47 bits per heavy atom. The van der Waals surface area contributed by atoms with Crippen LogP contribution in [0.4, 0.5) is 13.2 Å². The number of hydrazine groups is 1. The number of halogens is 3. The summed E-state index contributed by atoms with van der Waals surface area (Å²) in [5, 5.41) is 0. The Kier molecular flexibility index (Phi) is 3.36. The fourth-order valence-electron chi connectivity index (χ4n) is 1.20. The van der Waals surface area contributed by atoms with Crippen LogP contribution < -0.4 is 10.9 Å². The first-order chi connectivity index (χ1) is 7.06. The van der Waals surface area contributed by atoms with Gasteiger partial charge in [0, 0.05) is 0 Å². The number of rotatable bonds is 1. The summed E-state index contributed by atoms with van der Waals surface area (Å²) in [5.41, 5.74) is 2.42. The molecular formula is C10H13F3N2. The van der Waals surface area contributed by atoms with Gasteiger partial charge in [0.25, 0.3) is 0 Å². The molecular weight excluding hydrogens is 205 g/mol. The van der Waals surface area contributed by atoms with Gasteiger partial charge >= 0.3 is 6.18 Å². The van der Waals surface area contributed by atoms with Crippen LogP contribution in [0.1, 0.15) is 19.4 Å². The average molecular weight is 218 g/mol. The Balaban J connectivity index is 0.000000531. The van der Waals surface area contributed by atoms with Gasteiger partial charge in [0.1, 0.15) is 0 Å². The molecule has 1 fully saturated rings. The first-order valence-corrected chi connectivity index (χ1v) is 4.73. The van der Waals surface area contributed by atoms with Gasteiger partial charge in [-0.25, -0.2) is 10.9 Å². The monoisotopic (exact) mass is 218 g/mol. The molecule has 1 aromatic carbocycles. The van der Waals surface area contributed by atoms with Crippen molar-refractivity contribution in [2.45, 2.75) is 25.7 Å². The third-order valence-corrected chi connectivity index (χ3v) is 2.01. The van der Waals surface area contributed by atoms with Crippen LogP contribution in [-0.4, -0.2) is 6.18 Å². The number of hydrogen-bond acceptors (Lipinski definition) is 2. The van der Waals surface area contributed by atoms with Gasteiger partial charge in [-0.15, -0.1) is 0 Å². The van der Waals surface area contributed by atoms with Gasteiger partial charge in [0.15, 0.2) is 0 Å². The molecule has 15 heavy (non-hydrogen) atoms. The molecule has 84 valence electrons. The zero-order valence-electron chi connectivity index (χ0n) is 8.52. The van der Waals surface area contributed by atoms with Crippen molar-refractivity contribution in [3.8, 4) is 0 Å². The van der Waals surface area contributed by atoms with Gasteiger partial charge < -0.3 is 0 Å². The Morgan fingerprint density at radius 3 is 1.80 bits per heavy atom. The van der Waals surface area contributed by atoms with Gasteiger partial charge in [0.2, 0.25) is 5.66 Å². The van der Waals surface area contributed by atoms with E-state index in [0.29, 0.717) is 0 Å². The molecule has 1 aliphatic rings. The van der Waals surface area contributed by atoms with Crippen molar-refractivity contribution in [1.29, 1.82) is 0 Å². The highest BCUT2D eigenvalue weighted by Crippen LogP contribution is 2.41. The number of benzene rings is 1. The van der Waals surface area contributed by atoms with Crippen molar-refractivity contribution in [2.24, 2.45) is 0 Å². The Hall–Kier alpha value is -1.07. The predicted octanol–water partition coefficient (Wildman–Crippen LogP) is 2.54. The van der Waals surface area contributed by atoms with Crippen molar-refractivity contribution in [1.82, 2.24) is 10.9 Å². The van der Waals surface area contributed by atoms with E-state index in [1.54, 1.807) is 18.2 Å². The highest BCUT2D eigenvalue weighted by atomic mass is 19.4. The second-order valence-corrected chi connectivity index (χ2v) is 2.86. The van der Waals surface area contributed by atoms with Crippen LogP contribution >= 0.6 is 0 Å². The van der Waals surface area contributed by atoms with E-state index >= 15 is 0 Å². The highest BCUT2D eigenvalue weighted by Gasteiger charge is 2.65. The summed E-state index contributed by atoms with van der Waals surface area (Å²) < 4.78 is 37.4. The average Bonchev–Trinajstić information content (AvgIpc) is 3.02. The second-order valence-electron chi connectivity index (χ2n) is 2.86. The topological polar surface area (TPSA) is 43.9 Å². The van der Waals surface area contributed by atoms with Crippen LogP contribution in [-0.2, 0) is 5.66 Å². The molecule has 0 aromatic heterocycles. The van der Waals surface area contributed by atoms with Crippen molar-refractivity contribution >= 4 is 0 Å². The highest BCUT2D eigenvalue weighted by molar-refractivity contribution is 5.29. The lowest BCUT2D eigenvalue weighted by atomic mass is 10.0. The summed E-state index contributed by atoms with van der Waals surface area (Å²) in [6, 6.07) is 7.69. The van der Waals surface area contributed by atoms with E-state index < -0.39 is 11.8 Å². The summed E-state index contributed by atoms with van der Waals surface area (Å²) in [6.45, 7) is 4.00.